The smallest absolute Gasteiger partial charge is 0.0828 e. The highest BCUT2D eigenvalue weighted by Gasteiger charge is 2.30. The van der Waals surface area contributed by atoms with Crippen LogP contribution in [-0.4, -0.2) is 21.4 Å². The maximum atomic E-state index is 10.3. The molecule has 0 aromatic heterocycles. The van der Waals surface area contributed by atoms with E-state index >= 15 is 0 Å². The van der Waals surface area contributed by atoms with Crippen molar-refractivity contribution < 1.29 is 10.2 Å². The van der Waals surface area contributed by atoms with E-state index in [4.69, 9.17) is 0 Å². The maximum Gasteiger partial charge on any atom is 0.0828 e. The highest BCUT2D eigenvalue weighted by atomic mass is 16.3. The highest BCUT2D eigenvalue weighted by molar-refractivity contribution is 5.10. The molecule has 2 N–H and O–H groups in total. The molecular formula is C14H24O2. The third kappa shape index (κ3) is 3.08. The molecule has 0 amide bonds. The van der Waals surface area contributed by atoms with Crippen molar-refractivity contribution in [1.82, 2.24) is 0 Å². The fourth-order valence-corrected chi connectivity index (χ4v) is 2.97. The quantitative estimate of drug-likeness (QED) is 0.708. The zero-order valence-corrected chi connectivity index (χ0v) is 10.1. The maximum absolute atomic E-state index is 10.3. The SMILES string of the molecule is OC1(C=CC2(O)CCCCC2)CCCCC1. The first-order chi connectivity index (χ1) is 7.62. The minimum Gasteiger partial charge on any atom is -0.386 e. The lowest BCUT2D eigenvalue weighted by Gasteiger charge is -2.33. The second kappa shape index (κ2) is 4.89. The van der Waals surface area contributed by atoms with Gasteiger partial charge in [-0.2, -0.15) is 0 Å². The summed E-state index contributed by atoms with van der Waals surface area (Å²) in [7, 11) is 0. The molecule has 0 saturated heterocycles. The minimum atomic E-state index is -0.634. The van der Waals surface area contributed by atoms with Gasteiger partial charge >= 0.3 is 0 Å². The van der Waals surface area contributed by atoms with Crippen molar-refractivity contribution in [2.75, 3.05) is 0 Å². The van der Waals surface area contributed by atoms with E-state index in [1.165, 1.54) is 12.8 Å². The summed E-state index contributed by atoms with van der Waals surface area (Å²) >= 11 is 0. The van der Waals surface area contributed by atoms with Crippen molar-refractivity contribution in [3.63, 3.8) is 0 Å². The van der Waals surface area contributed by atoms with E-state index in [0.717, 1.165) is 51.4 Å². The summed E-state index contributed by atoms with van der Waals surface area (Å²) in [5.41, 5.74) is -1.27. The lowest BCUT2D eigenvalue weighted by molar-refractivity contribution is 0.0344. The topological polar surface area (TPSA) is 40.5 Å². The monoisotopic (exact) mass is 224 g/mol. The van der Waals surface area contributed by atoms with Crippen LogP contribution in [0.3, 0.4) is 0 Å². The van der Waals surface area contributed by atoms with Crippen LogP contribution >= 0.6 is 0 Å². The summed E-state index contributed by atoms with van der Waals surface area (Å²) in [6.45, 7) is 0. The zero-order valence-electron chi connectivity index (χ0n) is 10.1. The summed E-state index contributed by atoms with van der Waals surface area (Å²) in [5.74, 6) is 0. The van der Waals surface area contributed by atoms with Gasteiger partial charge in [-0.3, -0.25) is 0 Å². The molecule has 2 rings (SSSR count). The van der Waals surface area contributed by atoms with Crippen LogP contribution in [0.4, 0.5) is 0 Å². The van der Waals surface area contributed by atoms with E-state index in [1.54, 1.807) is 0 Å². The predicted octanol–water partition coefficient (Wildman–Crippen LogP) is 2.93. The van der Waals surface area contributed by atoms with E-state index in [2.05, 4.69) is 0 Å². The fourth-order valence-electron chi connectivity index (χ4n) is 2.97. The summed E-state index contributed by atoms with van der Waals surface area (Å²) in [5, 5.41) is 20.6. The molecular weight excluding hydrogens is 200 g/mol. The normalized spacial score (nSPS) is 29.4. The Morgan fingerprint density at radius 2 is 0.875 bits per heavy atom. The van der Waals surface area contributed by atoms with E-state index in [-0.39, 0.29) is 0 Å². The molecule has 2 nitrogen and oxygen atoms in total. The summed E-state index contributed by atoms with van der Waals surface area (Å²) < 4.78 is 0. The van der Waals surface area contributed by atoms with E-state index in [1.807, 2.05) is 12.2 Å². The van der Waals surface area contributed by atoms with Crippen LogP contribution in [0.2, 0.25) is 0 Å². The number of hydrogen-bond donors (Lipinski definition) is 2. The summed E-state index contributed by atoms with van der Waals surface area (Å²) in [4.78, 5) is 0. The van der Waals surface area contributed by atoms with Gasteiger partial charge < -0.3 is 10.2 Å². The van der Waals surface area contributed by atoms with Crippen LogP contribution in [-0.2, 0) is 0 Å². The van der Waals surface area contributed by atoms with Crippen LogP contribution in [0.25, 0.3) is 0 Å². The van der Waals surface area contributed by atoms with Gasteiger partial charge in [-0.15, -0.1) is 0 Å². The Balaban J connectivity index is 1.95. The molecule has 0 aromatic rings. The first-order valence-electron chi connectivity index (χ1n) is 6.77. The van der Waals surface area contributed by atoms with Gasteiger partial charge in [0.05, 0.1) is 11.2 Å². The second-order valence-electron chi connectivity index (χ2n) is 5.66. The first kappa shape index (κ1) is 12.1. The van der Waals surface area contributed by atoms with E-state index in [9.17, 15) is 10.2 Å². The van der Waals surface area contributed by atoms with Gasteiger partial charge in [0.1, 0.15) is 0 Å². The van der Waals surface area contributed by atoms with E-state index in [0.29, 0.717) is 0 Å². The third-order valence-corrected chi connectivity index (χ3v) is 4.14. The number of rotatable bonds is 2. The zero-order chi connectivity index (χ0) is 11.5. The van der Waals surface area contributed by atoms with Crippen molar-refractivity contribution in [3.05, 3.63) is 12.2 Å². The van der Waals surface area contributed by atoms with Crippen LogP contribution in [0.1, 0.15) is 64.2 Å². The van der Waals surface area contributed by atoms with Crippen molar-refractivity contribution >= 4 is 0 Å². The molecule has 0 aliphatic heterocycles. The Morgan fingerprint density at radius 3 is 1.19 bits per heavy atom. The molecule has 2 saturated carbocycles. The van der Waals surface area contributed by atoms with Crippen LogP contribution in [0.5, 0.6) is 0 Å². The molecule has 0 bridgehead atoms. The minimum absolute atomic E-state index is 0.634. The van der Waals surface area contributed by atoms with Crippen molar-refractivity contribution in [2.45, 2.75) is 75.4 Å². The molecule has 0 aromatic carbocycles. The van der Waals surface area contributed by atoms with Gasteiger partial charge in [0.25, 0.3) is 0 Å². The molecule has 16 heavy (non-hydrogen) atoms. The molecule has 2 fully saturated rings. The van der Waals surface area contributed by atoms with Gasteiger partial charge in [0.2, 0.25) is 0 Å². The van der Waals surface area contributed by atoms with Crippen molar-refractivity contribution in [3.8, 4) is 0 Å². The van der Waals surface area contributed by atoms with Gasteiger partial charge in [-0.05, 0) is 25.7 Å². The van der Waals surface area contributed by atoms with Gasteiger partial charge in [-0.1, -0.05) is 50.7 Å². The van der Waals surface area contributed by atoms with E-state index < -0.39 is 11.2 Å². The first-order valence-corrected chi connectivity index (χ1v) is 6.77. The molecule has 0 atom stereocenters. The Bertz CT molecular complexity index is 219. The Morgan fingerprint density at radius 1 is 0.562 bits per heavy atom. The van der Waals surface area contributed by atoms with Crippen molar-refractivity contribution in [1.29, 1.82) is 0 Å². The predicted molar refractivity (Wildman–Crippen MR) is 65.2 cm³/mol. The summed E-state index contributed by atoms with van der Waals surface area (Å²) in [6, 6.07) is 0. The fraction of sp³-hybridized carbons (Fsp3) is 0.857. The van der Waals surface area contributed by atoms with Gasteiger partial charge in [0, 0.05) is 0 Å². The molecule has 2 aliphatic rings. The molecule has 0 spiro atoms. The van der Waals surface area contributed by atoms with Crippen molar-refractivity contribution in [2.24, 2.45) is 0 Å². The average molecular weight is 224 g/mol. The number of aliphatic hydroxyl groups is 2. The third-order valence-electron chi connectivity index (χ3n) is 4.14. The summed E-state index contributed by atoms with van der Waals surface area (Å²) in [6.07, 6.45) is 14.1. The Kier molecular flexibility index (Phi) is 3.70. The number of hydrogen-bond acceptors (Lipinski definition) is 2. The van der Waals surface area contributed by atoms with Gasteiger partial charge in [0.15, 0.2) is 0 Å². The molecule has 0 radical (unpaired) electrons. The van der Waals surface area contributed by atoms with Crippen LogP contribution in [0.15, 0.2) is 12.2 Å². The Labute approximate surface area is 98.4 Å². The second-order valence-corrected chi connectivity index (χ2v) is 5.66. The molecule has 0 heterocycles. The largest absolute Gasteiger partial charge is 0.386 e. The molecule has 0 unspecified atom stereocenters. The molecule has 2 heteroatoms. The van der Waals surface area contributed by atoms with Crippen LogP contribution in [0, 0.1) is 0 Å². The molecule has 2 aliphatic carbocycles. The van der Waals surface area contributed by atoms with Crippen LogP contribution < -0.4 is 0 Å². The molecule has 92 valence electrons. The lowest BCUT2D eigenvalue weighted by Crippen LogP contribution is -2.33. The highest BCUT2D eigenvalue weighted by Crippen LogP contribution is 2.33. The Hall–Kier alpha value is -0.340. The van der Waals surface area contributed by atoms with Gasteiger partial charge in [-0.25, -0.2) is 0 Å². The average Bonchev–Trinajstić information content (AvgIpc) is 2.29. The lowest BCUT2D eigenvalue weighted by atomic mass is 9.80. The standard InChI is InChI=1S/C14H24O2/c15-13(7-3-1-4-8-13)11-12-14(16)9-5-2-6-10-14/h11-12,15-16H,1-10H2.